The molecule has 2 radical (unpaired) electrons. The fourth-order valence-electron chi connectivity index (χ4n) is 0. The SMILES string of the molecule is C[CH2][SnH3+2].[Cl-].[Cl-]. The zero-order valence-corrected chi connectivity index (χ0v) is 10.7. The molecule has 0 saturated carbocycles. The van der Waals surface area contributed by atoms with E-state index in [-0.39, 0.29) is 24.8 Å². The van der Waals surface area contributed by atoms with E-state index in [9.17, 15) is 0 Å². The molecule has 0 fully saturated rings. The normalized spacial score (nSPS) is 4.20. The molecule has 0 saturated heterocycles. The van der Waals surface area contributed by atoms with Crippen LogP contribution in [0.15, 0.2) is 0 Å². The van der Waals surface area contributed by atoms with E-state index < -0.39 is 0 Å². The van der Waals surface area contributed by atoms with Crippen molar-refractivity contribution in [1.82, 2.24) is 0 Å². The molecule has 0 spiro atoms. The van der Waals surface area contributed by atoms with Crippen molar-refractivity contribution < 1.29 is 24.8 Å². The van der Waals surface area contributed by atoms with Gasteiger partial charge in [-0.15, -0.1) is 0 Å². The summed E-state index contributed by atoms with van der Waals surface area (Å²) in [6, 6.07) is 0. The largest absolute Gasteiger partial charge is 1.00 e. The van der Waals surface area contributed by atoms with Gasteiger partial charge in [-0.25, -0.2) is 0 Å². The van der Waals surface area contributed by atoms with Crippen molar-refractivity contribution in [2.75, 3.05) is 0 Å². The van der Waals surface area contributed by atoms with Crippen molar-refractivity contribution in [1.29, 1.82) is 0 Å². The van der Waals surface area contributed by atoms with Crippen molar-refractivity contribution in [2.45, 2.75) is 11.4 Å². The van der Waals surface area contributed by atoms with Gasteiger partial charge in [0.1, 0.15) is 0 Å². The first kappa shape index (κ1) is 16.2. The van der Waals surface area contributed by atoms with Crippen molar-refractivity contribution in [2.24, 2.45) is 0 Å². The Hall–Kier alpha value is 1.38. The van der Waals surface area contributed by atoms with Gasteiger partial charge < -0.3 is 24.8 Å². The van der Waals surface area contributed by atoms with Gasteiger partial charge in [-0.3, -0.25) is 0 Å². The van der Waals surface area contributed by atoms with Gasteiger partial charge in [-0.05, 0) is 0 Å². The van der Waals surface area contributed by atoms with Crippen LogP contribution in [0, 0.1) is 0 Å². The Bertz CT molecular complexity index is 7.61. The maximum atomic E-state index is 2.22. The molecule has 0 amide bonds. The van der Waals surface area contributed by atoms with Crippen LogP contribution in [0.1, 0.15) is 6.92 Å². The summed E-state index contributed by atoms with van der Waals surface area (Å²) in [5, 5.41) is 0. The van der Waals surface area contributed by atoms with Crippen LogP contribution in [0.2, 0.25) is 4.44 Å². The molecule has 0 bridgehead atoms. The predicted molar refractivity (Wildman–Crippen MR) is 20.4 cm³/mol. The average Bonchev–Trinajstić information content (AvgIpc) is 0.918. The van der Waals surface area contributed by atoms with Crippen molar-refractivity contribution >= 4 is 22.5 Å². The molecule has 0 atom stereocenters. The monoisotopic (exact) mass is 222 g/mol. The quantitative estimate of drug-likeness (QED) is 0.357. The molecular formula is C2H8Cl2Sn. The summed E-state index contributed by atoms with van der Waals surface area (Å²) >= 11 is 0.982. The molecular weight excluding hydrogens is 214 g/mol. The molecule has 0 aliphatic carbocycles. The molecule has 0 aromatic rings. The molecule has 0 aliphatic rings. The number of hydrogen-bond donors (Lipinski definition) is 0. The third-order valence-electron chi connectivity index (χ3n) is 0. The molecule has 0 unspecified atom stereocenters. The van der Waals surface area contributed by atoms with Gasteiger partial charge >= 0.3 is 33.9 Å². The second kappa shape index (κ2) is 18.2. The minimum absolute atomic E-state index is 0. The van der Waals surface area contributed by atoms with Crippen LogP contribution < -0.4 is 24.8 Å². The predicted octanol–water partition coefficient (Wildman–Crippen LogP) is -6.20. The van der Waals surface area contributed by atoms with E-state index in [2.05, 4.69) is 6.92 Å². The van der Waals surface area contributed by atoms with Crippen LogP contribution >= 0.6 is 0 Å². The maximum absolute atomic E-state index is 2.22. The summed E-state index contributed by atoms with van der Waals surface area (Å²) in [6.45, 7) is 2.22. The Morgan fingerprint density at radius 1 is 1.40 bits per heavy atom. The average molecular weight is 222 g/mol. The van der Waals surface area contributed by atoms with Crippen LogP contribution in [-0.2, 0) is 0 Å². The summed E-state index contributed by atoms with van der Waals surface area (Å²) in [5.74, 6) is 0. The first-order valence-corrected chi connectivity index (χ1v) is 5.45. The molecule has 5 heavy (non-hydrogen) atoms. The van der Waals surface area contributed by atoms with Gasteiger partial charge in [0.25, 0.3) is 0 Å². The van der Waals surface area contributed by atoms with Gasteiger partial charge in [-0.1, -0.05) is 0 Å². The van der Waals surface area contributed by atoms with Crippen molar-refractivity contribution in [3.8, 4) is 0 Å². The molecule has 3 heteroatoms. The molecule has 0 heterocycles. The Morgan fingerprint density at radius 3 is 1.40 bits per heavy atom. The van der Waals surface area contributed by atoms with E-state index in [1.54, 1.807) is 0 Å². The third kappa shape index (κ3) is 32.3. The van der Waals surface area contributed by atoms with E-state index in [0.29, 0.717) is 0 Å². The van der Waals surface area contributed by atoms with E-state index in [1.165, 1.54) is 4.44 Å². The Labute approximate surface area is 58.6 Å². The van der Waals surface area contributed by atoms with E-state index in [1.807, 2.05) is 0 Å². The van der Waals surface area contributed by atoms with Crippen LogP contribution in [0.5, 0.6) is 0 Å². The van der Waals surface area contributed by atoms with Gasteiger partial charge in [0, 0.05) is 0 Å². The van der Waals surface area contributed by atoms with Gasteiger partial charge in [0.05, 0.1) is 0 Å². The standard InChI is InChI=1S/C2H5.2ClH.Sn.3H/c1-2;;;;;;/h1H2,2H3;2*1H;;;;/q;;;+2;;;/p-2. The molecule has 34 valence electrons. The fourth-order valence-corrected chi connectivity index (χ4v) is 0. The molecule has 0 aromatic carbocycles. The fraction of sp³-hybridized carbons (Fsp3) is 1.00. The summed E-state index contributed by atoms with van der Waals surface area (Å²) in [7, 11) is 0. The van der Waals surface area contributed by atoms with Crippen LogP contribution in [0.4, 0.5) is 0 Å². The second-order valence-electron chi connectivity index (χ2n) is 0.707. The summed E-state index contributed by atoms with van der Waals surface area (Å²) in [6.07, 6.45) is 0. The van der Waals surface area contributed by atoms with E-state index in [0.717, 1.165) is 22.5 Å². The van der Waals surface area contributed by atoms with Crippen LogP contribution in [0.25, 0.3) is 0 Å². The van der Waals surface area contributed by atoms with E-state index >= 15 is 0 Å². The Balaban J connectivity index is -0.0000000200. The van der Waals surface area contributed by atoms with Crippen molar-refractivity contribution in [3.63, 3.8) is 0 Å². The van der Waals surface area contributed by atoms with Crippen LogP contribution in [0.3, 0.4) is 0 Å². The first-order valence-electron chi connectivity index (χ1n) is 1.41. The van der Waals surface area contributed by atoms with Gasteiger partial charge in [-0.2, -0.15) is 0 Å². The minimum Gasteiger partial charge on any atom is -1.00 e. The van der Waals surface area contributed by atoms with Gasteiger partial charge in [0.2, 0.25) is 0 Å². The Morgan fingerprint density at radius 2 is 1.40 bits per heavy atom. The second-order valence-corrected chi connectivity index (χ2v) is 4.74. The third-order valence-corrected chi connectivity index (χ3v) is 0. The summed E-state index contributed by atoms with van der Waals surface area (Å²) < 4.78 is 1.46. The zero-order chi connectivity index (χ0) is 2.71. The summed E-state index contributed by atoms with van der Waals surface area (Å²) in [5.41, 5.74) is 0. The smallest absolute Gasteiger partial charge is 1.00 e. The molecule has 0 N–H and O–H groups in total. The topological polar surface area (TPSA) is 0 Å². The van der Waals surface area contributed by atoms with E-state index in [4.69, 9.17) is 0 Å². The minimum atomic E-state index is 0. The van der Waals surface area contributed by atoms with Gasteiger partial charge in [0.15, 0.2) is 0 Å². The van der Waals surface area contributed by atoms with Crippen molar-refractivity contribution in [3.05, 3.63) is 0 Å². The number of hydrogen-bond acceptors (Lipinski definition) is 0. The number of halogens is 2. The zero-order valence-electron chi connectivity index (χ0n) is 3.46. The Kier molecular flexibility index (Phi) is 58.9. The molecule has 0 rings (SSSR count). The summed E-state index contributed by atoms with van der Waals surface area (Å²) in [4.78, 5) is 0. The molecule has 0 aliphatic heterocycles. The molecule has 0 nitrogen and oxygen atoms in total. The molecule has 0 aromatic heterocycles. The maximum Gasteiger partial charge on any atom is -1.00 e. The first-order chi connectivity index (χ1) is 1.41. The number of rotatable bonds is 0. The van der Waals surface area contributed by atoms with Crippen LogP contribution in [-0.4, -0.2) is 22.5 Å².